The molecule has 2 saturated carbocycles. The molecule has 0 aromatic heterocycles. The molecular weight excluding hydrogens is 316 g/mol. The number of hydrogen-bond donors (Lipinski definition) is 3. The summed E-state index contributed by atoms with van der Waals surface area (Å²) in [5.41, 5.74) is 0.353. The van der Waals surface area contributed by atoms with Crippen LogP contribution in [-0.4, -0.2) is 51.8 Å². The molecule has 3 N–H and O–H groups in total. The predicted molar refractivity (Wildman–Crippen MR) is 102 cm³/mol. The first-order valence-corrected chi connectivity index (χ1v) is 9.90. The lowest BCUT2D eigenvalue weighted by atomic mass is 9.67. The second kappa shape index (κ2) is 10.6. The van der Waals surface area contributed by atoms with E-state index in [1.165, 1.54) is 38.5 Å². The number of aliphatic imine (C=N–C) groups is 1. The summed E-state index contributed by atoms with van der Waals surface area (Å²) in [5.74, 6) is 0.930. The average Bonchev–Trinajstić information content (AvgIpc) is 2.59. The third kappa shape index (κ3) is 6.84. The molecule has 0 unspecified atom stereocenters. The molecule has 0 bridgehead atoms. The van der Waals surface area contributed by atoms with Crippen LogP contribution in [0.5, 0.6) is 0 Å². The van der Waals surface area contributed by atoms with Crippen molar-refractivity contribution in [1.29, 1.82) is 0 Å². The summed E-state index contributed by atoms with van der Waals surface area (Å²) < 4.78 is 5.24. The number of hydrogen-bond acceptors (Lipinski definition) is 3. The minimum Gasteiger partial charge on any atom is -0.385 e. The SMILES string of the molecule is CN=C(NCCC(=O)NC1CCCCC1)NCC1(CCOC)CCC1. The van der Waals surface area contributed by atoms with Crippen molar-refractivity contribution in [1.82, 2.24) is 16.0 Å². The molecule has 6 nitrogen and oxygen atoms in total. The zero-order valence-corrected chi connectivity index (χ0v) is 16.0. The minimum absolute atomic E-state index is 0.144. The van der Waals surface area contributed by atoms with Crippen LogP contribution in [-0.2, 0) is 9.53 Å². The van der Waals surface area contributed by atoms with Crippen molar-refractivity contribution in [2.24, 2.45) is 10.4 Å². The third-order valence-corrected chi connectivity index (χ3v) is 5.72. The Balaban J connectivity index is 1.62. The Morgan fingerprint density at radius 2 is 1.92 bits per heavy atom. The van der Waals surface area contributed by atoms with E-state index in [0.717, 1.165) is 38.4 Å². The molecule has 0 saturated heterocycles. The fourth-order valence-corrected chi connectivity index (χ4v) is 3.84. The number of carbonyl (C=O) groups excluding carboxylic acids is 1. The number of rotatable bonds is 9. The van der Waals surface area contributed by atoms with Gasteiger partial charge < -0.3 is 20.7 Å². The van der Waals surface area contributed by atoms with Crippen molar-refractivity contribution in [3.05, 3.63) is 0 Å². The van der Waals surface area contributed by atoms with Crippen LogP contribution in [0, 0.1) is 5.41 Å². The molecule has 2 aliphatic carbocycles. The van der Waals surface area contributed by atoms with Crippen molar-refractivity contribution < 1.29 is 9.53 Å². The maximum atomic E-state index is 12.0. The lowest BCUT2D eigenvalue weighted by molar-refractivity contribution is -0.121. The highest BCUT2D eigenvalue weighted by Crippen LogP contribution is 2.43. The molecule has 25 heavy (non-hydrogen) atoms. The number of methoxy groups -OCH3 is 1. The van der Waals surface area contributed by atoms with Gasteiger partial charge in [-0.1, -0.05) is 25.7 Å². The summed E-state index contributed by atoms with van der Waals surface area (Å²) in [6.45, 7) is 2.35. The Labute approximate surface area is 152 Å². The Morgan fingerprint density at radius 3 is 2.52 bits per heavy atom. The van der Waals surface area contributed by atoms with Crippen LogP contribution in [0.1, 0.15) is 64.2 Å². The zero-order valence-electron chi connectivity index (χ0n) is 16.0. The van der Waals surface area contributed by atoms with E-state index in [2.05, 4.69) is 20.9 Å². The molecule has 0 radical (unpaired) electrons. The first-order chi connectivity index (χ1) is 12.2. The Bertz CT molecular complexity index is 429. The predicted octanol–water partition coefficient (Wildman–Crippen LogP) is 2.20. The number of nitrogens with zero attached hydrogens (tertiary/aromatic N) is 1. The normalized spacial score (nSPS) is 20.6. The fourth-order valence-electron chi connectivity index (χ4n) is 3.84. The molecule has 0 aliphatic heterocycles. The van der Waals surface area contributed by atoms with Gasteiger partial charge in [0.25, 0.3) is 0 Å². The Kier molecular flexibility index (Phi) is 8.52. The lowest BCUT2D eigenvalue weighted by Gasteiger charge is -2.42. The van der Waals surface area contributed by atoms with Gasteiger partial charge in [-0.2, -0.15) is 0 Å². The van der Waals surface area contributed by atoms with Gasteiger partial charge in [-0.05, 0) is 37.5 Å². The highest BCUT2D eigenvalue weighted by molar-refractivity contribution is 5.81. The molecule has 0 aromatic carbocycles. The maximum Gasteiger partial charge on any atom is 0.221 e. The Morgan fingerprint density at radius 1 is 1.16 bits per heavy atom. The van der Waals surface area contributed by atoms with E-state index in [9.17, 15) is 4.79 Å². The molecule has 2 rings (SSSR count). The largest absolute Gasteiger partial charge is 0.385 e. The summed E-state index contributed by atoms with van der Waals surface area (Å²) in [6.07, 6.45) is 11.4. The monoisotopic (exact) mass is 352 g/mol. The van der Waals surface area contributed by atoms with Crippen molar-refractivity contribution in [3.8, 4) is 0 Å². The van der Waals surface area contributed by atoms with Gasteiger partial charge in [0.2, 0.25) is 5.91 Å². The molecule has 0 atom stereocenters. The number of carbonyl (C=O) groups is 1. The number of nitrogens with one attached hydrogen (secondary N) is 3. The standard InChI is InChI=1S/C19H36N4O2/c1-20-18(22-15-19(10-6-11-19)12-14-25-2)21-13-9-17(24)23-16-7-4-3-5-8-16/h16H,3-15H2,1-2H3,(H,23,24)(H2,20,21,22). The molecule has 144 valence electrons. The van der Waals surface area contributed by atoms with Gasteiger partial charge >= 0.3 is 0 Å². The van der Waals surface area contributed by atoms with Gasteiger partial charge in [-0.25, -0.2) is 0 Å². The summed E-state index contributed by atoms with van der Waals surface area (Å²) >= 11 is 0. The van der Waals surface area contributed by atoms with Crippen molar-refractivity contribution in [2.45, 2.75) is 70.3 Å². The molecule has 6 heteroatoms. The first-order valence-electron chi connectivity index (χ1n) is 9.90. The van der Waals surface area contributed by atoms with Gasteiger partial charge in [0.05, 0.1) is 0 Å². The zero-order chi connectivity index (χ0) is 18.0. The molecule has 0 spiro atoms. The summed E-state index contributed by atoms with van der Waals surface area (Å²) in [6, 6.07) is 0.387. The van der Waals surface area contributed by atoms with Crippen molar-refractivity contribution in [2.75, 3.05) is 33.9 Å². The van der Waals surface area contributed by atoms with Crippen LogP contribution in [0.3, 0.4) is 0 Å². The Hall–Kier alpha value is -1.30. The third-order valence-electron chi connectivity index (χ3n) is 5.72. The number of guanidine groups is 1. The summed E-state index contributed by atoms with van der Waals surface area (Å²) in [5, 5.41) is 9.84. The minimum atomic E-state index is 0.144. The van der Waals surface area contributed by atoms with Gasteiger partial charge in [0.1, 0.15) is 0 Å². The van der Waals surface area contributed by atoms with Gasteiger partial charge in [0, 0.05) is 46.3 Å². The first kappa shape index (κ1) is 20.0. The van der Waals surface area contributed by atoms with Crippen LogP contribution >= 0.6 is 0 Å². The molecule has 2 fully saturated rings. The quantitative estimate of drug-likeness (QED) is 0.439. The molecule has 2 aliphatic rings. The summed E-state index contributed by atoms with van der Waals surface area (Å²) in [4.78, 5) is 16.3. The van der Waals surface area contributed by atoms with Gasteiger partial charge in [-0.3, -0.25) is 9.79 Å². The fraction of sp³-hybridized carbons (Fsp3) is 0.895. The molecule has 0 aromatic rings. The van der Waals surface area contributed by atoms with E-state index in [4.69, 9.17) is 4.74 Å². The van der Waals surface area contributed by atoms with Crippen LogP contribution in [0.15, 0.2) is 4.99 Å². The van der Waals surface area contributed by atoms with Crippen LogP contribution in [0.2, 0.25) is 0 Å². The summed E-state index contributed by atoms with van der Waals surface area (Å²) in [7, 11) is 3.54. The van der Waals surface area contributed by atoms with E-state index >= 15 is 0 Å². The molecular formula is C19H36N4O2. The second-order valence-electron chi connectivity index (χ2n) is 7.60. The highest BCUT2D eigenvalue weighted by atomic mass is 16.5. The molecule has 0 heterocycles. The van der Waals surface area contributed by atoms with E-state index in [0.29, 0.717) is 24.4 Å². The molecule has 1 amide bonds. The topological polar surface area (TPSA) is 74.8 Å². The second-order valence-corrected chi connectivity index (χ2v) is 7.60. The van der Waals surface area contributed by atoms with Crippen molar-refractivity contribution >= 4 is 11.9 Å². The maximum absolute atomic E-state index is 12.0. The van der Waals surface area contributed by atoms with E-state index in [1.807, 2.05) is 0 Å². The lowest BCUT2D eigenvalue weighted by Crippen LogP contribution is -2.47. The van der Waals surface area contributed by atoms with Crippen molar-refractivity contribution in [3.63, 3.8) is 0 Å². The smallest absolute Gasteiger partial charge is 0.221 e. The number of amides is 1. The van der Waals surface area contributed by atoms with Crippen LogP contribution in [0.25, 0.3) is 0 Å². The van der Waals surface area contributed by atoms with E-state index < -0.39 is 0 Å². The van der Waals surface area contributed by atoms with E-state index in [1.54, 1.807) is 14.2 Å². The van der Waals surface area contributed by atoms with Gasteiger partial charge in [-0.15, -0.1) is 0 Å². The average molecular weight is 353 g/mol. The van der Waals surface area contributed by atoms with Crippen LogP contribution < -0.4 is 16.0 Å². The highest BCUT2D eigenvalue weighted by Gasteiger charge is 2.36. The number of ether oxygens (including phenoxy) is 1. The van der Waals surface area contributed by atoms with E-state index in [-0.39, 0.29) is 5.91 Å². The van der Waals surface area contributed by atoms with Crippen LogP contribution in [0.4, 0.5) is 0 Å². The van der Waals surface area contributed by atoms with Gasteiger partial charge in [0.15, 0.2) is 5.96 Å².